The van der Waals surface area contributed by atoms with Gasteiger partial charge in [-0.15, -0.1) is 5.10 Å². The summed E-state index contributed by atoms with van der Waals surface area (Å²) >= 11 is 1.27. The molecule has 108 valence electrons. The molecule has 0 unspecified atom stereocenters. The number of esters is 1. The number of thioether (sulfide) groups is 1. The van der Waals surface area contributed by atoms with Gasteiger partial charge in [0.2, 0.25) is 5.16 Å². The van der Waals surface area contributed by atoms with Gasteiger partial charge in [-0.3, -0.25) is 4.79 Å². The van der Waals surface area contributed by atoms with Crippen LogP contribution in [0.1, 0.15) is 6.92 Å². The molecule has 0 fully saturated rings. The molecule has 0 saturated carbocycles. The number of hydrogen-bond donors (Lipinski definition) is 1. The topological polar surface area (TPSA) is 91.2 Å². The number of ether oxygens (including phenoxy) is 2. The predicted molar refractivity (Wildman–Crippen MR) is 69.9 cm³/mol. The van der Waals surface area contributed by atoms with Crippen LogP contribution in [-0.4, -0.2) is 65.3 Å². The first kappa shape index (κ1) is 15.9. The Morgan fingerprint density at radius 3 is 3.05 bits per heavy atom. The monoisotopic (exact) mass is 289 g/mol. The quantitative estimate of drug-likeness (QED) is 0.352. The van der Waals surface area contributed by atoms with E-state index in [9.17, 15) is 4.79 Å². The first-order chi connectivity index (χ1) is 9.27. The summed E-state index contributed by atoms with van der Waals surface area (Å²) in [5, 5.41) is 15.1. The van der Waals surface area contributed by atoms with Crippen LogP contribution in [0.25, 0.3) is 0 Å². The third-order valence-corrected chi connectivity index (χ3v) is 3.04. The van der Waals surface area contributed by atoms with E-state index in [1.54, 1.807) is 18.7 Å². The number of carbonyl (C=O) groups is 1. The molecule has 19 heavy (non-hydrogen) atoms. The Balaban J connectivity index is 2.27. The van der Waals surface area contributed by atoms with E-state index in [0.717, 1.165) is 13.1 Å². The Morgan fingerprint density at radius 1 is 1.47 bits per heavy atom. The Kier molecular flexibility index (Phi) is 8.10. The van der Waals surface area contributed by atoms with Crippen LogP contribution in [0.2, 0.25) is 0 Å². The first-order valence-electron chi connectivity index (χ1n) is 6.02. The Bertz CT molecular complexity index is 374. The van der Waals surface area contributed by atoms with Crippen LogP contribution in [0.3, 0.4) is 0 Å². The van der Waals surface area contributed by atoms with Gasteiger partial charge in [-0.25, -0.2) is 4.68 Å². The smallest absolute Gasteiger partial charge is 0.316 e. The summed E-state index contributed by atoms with van der Waals surface area (Å²) in [7, 11) is 1.66. The van der Waals surface area contributed by atoms with Crippen LogP contribution in [0.15, 0.2) is 5.16 Å². The third-order valence-electron chi connectivity index (χ3n) is 2.11. The van der Waals surface area contributed by atoms with Crippen LogP contribution in [0.5, 0.6) is 0 Å². The van der Waals surface area contributed by atoms with Gasteiger partial charge in [-0.05, 0) is 17.4 Å². The fourth-order valence-corrected chi connectivity index (χ4v) is 1.95. The summed E-state index contributed by atoms with van der Waals surface area (Å²) in [5.74, 6) is -0.0500. The zero-order chi connectivity index (χ0) is 13.9. The van der Waals surface area contributed by atoms with E-state index < -0.39 is 0 Å². The van der Waals surface area contributed by atoms with Gasteiger partial charge in [0.05, 0.1) is 25.5 Å². The van der Waals surface area contributed by atoms with Crippen LogP contribution in [0, 0.1) is 0 Å². The summed E-state index contributed by atoms with van der Waals surface area (Å²) in [6.45, 7) is 4.99. The van der Waals surface area contributed by atoms with E-state index in [1.807, 2.05) is 0 Å². The molecule has 0 spiro atoms. The average Bonchev–Trinajstić information content (AvgIpc) is 2.84. The predicted octanol–water partition coefficient (Wildman–Crippen LogP) is -0.436. The van der Waals surface area contributed by atoms with Crippen LogP contribution in [-0.2, 0) is 20.8 Å². The van der Waals surface area contributed by atoms with Crippen molar-refractivity contribution in [2.45, 2.75) is 18.6 Å². The Hall–Kier alpha value is -1.19. The van der Waals surface area contributed by atoms with Crippen molar-refractivity contribution in [1.82, 2.24) is 25.5 Å². The highest BCUT2D eigenvalue weighted by Gasteiger charge is 2.10. The van der Waals surface area contributed by atoms with Gasteiger partial charge in [0.1, 0.15) is 0 Å². The number of carbonyl (C=O) groups excluding carboxylic acids is 1. The number of methoxy groups -OCH3 is 1. The molecule has 0 amide bonds. The fraction of sp³-hybridized carbons (Fsp3) is 0.800. The normalized spacial score (nSPS) is 10.6. The molecule has 1 heterocycles. The molecule has 8 nitrogen and oxygen atoms in total. The molecule has 0 atom stereocenters. The van der Waals surface area contributed by atoms with Gasteiger partial charge < -0.3 is 14.8 Å². The maximum Gasteiger partial charge on any atom is 0.316 e. The largest absolute Gasteiger partial charge is 0.465 e. The molecule has 1 aromatic rings. The average molecular weight is 289 g/mol. The van der Waals surface area contributed by atoms with Gasteiger partial charge in [-0.1, -0.05) is 11.8 Å². The minimum atomic E-state index is -0.264. The molecule has 1 rings (SSSR count). The lowest BCUT2D eigenvalue weighted by molar-refractivity contribution is -0.139. The minimum absolute atomic E-state index is 0.214. The van der Waals surface area contributed by atoms with E-state index in [-0.39, 0.29) is 11.7 Å². The van der Waals surface area contributed by atoms with Gasteiger partial charge in [-0.2, -0.15) is 0 Å². The molecule has 9 heteroatoms. The number of rotatable bonds is 10. The van der Waals surface area contributed by atoms with Crippen molar-refractivity contribution in [1.29, 1.82) is 0 Å². The maximum absolute atomic E-state index is 11.2. The third kappa shape index (κ3) is 6.50. The molecule has 0 aliphatic carbocycles. The minimum Gasteiger partial charge on any atom is -0.465 e. The van der Waals surface area contributed by atoms with Gasteiger partial charge in [0.15, 0.2) is 0 Å². The second kappa shape index (κ2) is 9.70. The highest BCUT2D eigenvalue weighted by molar-refractivity contribution is 7.99. The standard InChI is InChI=1S/C10H19N5O3S/c1-3-18-9(16)8-19-10-12-13-14-15(10)6-4-11-5-7-17-2/h11H,3-8H2,1-2H3. The van der Waals surface area contributed by atoms with Crippen molar-refractivity contribution < 1.29 is 14.3 Å². The molecule has 0 aromatic carbocycles. The van der Waals surface area contributed by atoms with Crippen molar-refractivity contribution in [2.24, 2.45) is 0 Å². The molecular weight excluding hydrogens is 270 g/mol. The highest BCUT2D eigenvalue weighted by atomic mass is 32.2. The summed E-state index contributed by atoms with van der Waals surface area (Å²) in [6.07, 6.45) is 0. The molecular formula is C10H19N5O3S. The summed E-state index contributed by atoms with van der Waals surface area (Å²) in [6, 6.07) is 0. The second-order valence-electron chi connectivity index (χ2n) is 3.52. The van der Waals surface area contributed by atoms with Crippen molar-refractivity contribution >= 4 is 17.7 Å². The number of tetrazole rings is 1. The summed E-state index contributed by atoms with van der Waals surface area (Å²) in [5.41, 5.74) is 0. The van der Waals surface area contributed by atoms with Crippen LogP contribution >= 0.6 is 11.8 Å². The maximum atomic E-state index is 11.2. The number of aromatic nitrogens is 4. The SMILES string of the molecule is CCOC(=O)CSc1nnnn1CCNCCOC. The lowest BCUT2D eigenvalue weighted by Gasteiger charge is -2.05. The van der Waals surface area contributed by atoms with Gasteiger partial charge in [0, 0.05) is 20.2 Å². The van der Waals surface area contributed by atoms with E-state index in [0.29, 0.717) is 24.9 Å². The molecule has 0 radical (unpaired) electrons. The van der Waals surface area contributed by atoms with E-state index in [2.05, 4.69) is 20.8 Å². The van der Waals surface area contributed by atoms with Crippen molar-refractivity contribution in [3.63, 3.8) is 0 Å². The van der Waals surface area contributed by atoms with Crippen molar-refractivity contribution in [2.75, 3.05) is 39.2 Å². The van der Waals surface area contributed by atoms with E-state index in [4.69, 9.17) is 9.47 Å². The van der Waals surface area contributed by atoms with E-state index >= 15 is 0 Å². The lowest BCUT2D eigenvalue weighted by Crippen LogP contribution is -2.24. The lowest BCUT2D eigenvalue weighted by atomic mass is 10.6. The number of nitrogens with zero attached hydrogens (tertiary/aromatic N) is 4. The summed E-state index contributed by atoms with van der Waals surface area (Å²) < 4.78 is 11.4. The van der Waals surface area contributed by atoms with Gasteiger partial charge in [0.25, 0.3) is 0 Å². The van der Waals surface area contributed by atoms with Crippen molar-refractivity contribution in [3.05, 3.63) is 0 Å². The Labute approximate surface area is 116 Å². The van der Waals surface area contributed by atoms with Crippen molar-refractivity contribution in [3.8, 4) is 0 Å². The molecule has 1 N–H and O–H groups in total. The molecule has 0 bridgehead atoms. The van der Waals surface area contributed by atoms with Crippen LogP contribution in [0.4, 0.5) is 0 Å². The second-order valence-corrected chi connectivity index (χ2v) is 4.46. The zero-order valence-electron chi connectivity index (χ0n) is 11.2. The summed E-state index contributed by atoms with van der Waals surface area (Å²) in [4.78, 5) is 11.2. The van der Waals surface area contributed by atoms with Crippen LogP contribution < -0.4 is 5.32 Å². The molecule has 0 saturated heterocycles. The molecule has 0 aliphatic heterocycles. The van der Waals surface area contributed by atoms with E-state index in [1.165, 1.54) is 11.8 Å². The zero-order valence-corrected chi connectivity index (χ0v) is 12.0. The molecule has 1 aromatic heterocycles. The Morgan fingerprint density at radius 2 is 2.32 bits per heavy atom. The highest BCUT2D eigenvalue weighted by Crippen LogP contribution is 2.13. The van der Waals surface area contributed by atoms with Gasteiger partial charge >= 0.3 is 5.97 Å². The number of nitrogens with one attached hydrogen (secondary N) is 1. The fourth-order valence-electron chi connectivity index (χ4n) is 1.25. The molecule has 0 aliphatic rings. The first-order valence-corrected chi connectivity index (χ1v) is 7.00. The number of hydrogen-bond acceptors (Lipinski definition) is 8.